The number of rotatable bonds is 5. The summed E-state index contributed by atoms with van der Waals surface area (Å²) >= 11 is 0. The van der Waals surface area contributed by atoms with E-state index < -0.39 is 0 Å². The van der Waals surface area contributed by atoms with Crippen molar-refractivity contribution in [1.82, 2.24) is 15.5 Å². The minimum atomic E-state index is -0.136. The van der Waals surface area contributed by atoms with Gasteiger partial charge in [-0.1, -0.05) is 0 Å². The molecule has 1 amide bonds. The van der Waals surface area contributed by atoms with Crippen LogP contribution in [-0.4, -0.2) is 43.5 Å². The zero-order valence-corrected chi connectivity index (χ0v) is 12.7. The lowest BCUT2D eigenvalue weighted by molar-refractivity contribution is 0.0931. The molecule has 1 heterocycles. The highest BCUT2D eigenvalue weighted by atomic mass is 16.5. The fraction of sp³-hybridized carbons (Fsp3) is 0.375. The van der Waals surface area contributed by atoms with Gasteiger partial charge in [-0.25, -0.2) is 0 Å². The van der Waals surface area contributed by atoms with E-state index in [1.807, 2.05) is 18.2 Å². The van der Waals surface area contributed by atoms with E-state index in [1.54, 1.807) is 14.2 Å². The van der Waals surface area contributed by atoms with E-state index in [0.29, 0.717) is 18.8 Å². The molecule has 1 aromatic heterocycles. The van der Waals surface area contributed by atoms with Crippen molar-refractivity contribution < 1.29 is 14.3 Å². The van der Waals surface area contributed by atoms with E-state index in [9.17, 15) is 4.79 Å². The molecule has 2 N–H and O–H groups in total. The van der Waals surface area contributed by atoms with Gasteiger partial charge in [-0.2, -0.15) is 5.10 Å². The van der Waals surface area contributed by atoms with Gasteiger partial charge in [0.25, 0.3) is 5.91 Å². The first-order chi connectivity index (χ1) is 10.7. The van der Waals surface area contributed by atoms with Gasteiger partial charge in [-0.15, -0.1) is 0 Å². The maximum Gasteiger partial charge on any atom is 0.269 e. The zero-order valence-electron chi connectivity index (χ0n) is 12.7. The van der Waals surface area contributed by atoms with Gasteiger partial charge in [0.1, 0.15) is 11.4 Å². The van der Waals surface area contributed by atoms with Gasteiger partial charge < -0.3 is 14.8 Å². The lowest BCUT2D eigenvalue weighted by atomic mass is 9.89. The second-order valence-corrected chi connectivity index (χ2v) is 5.20. The van der Waals surface area contributed by atoms with E-state index in [1.165, 1.54) is 5.56 Å². The highest BCUT2D eigenvalue weighted by molar-refractivity contribution is 5.96. The minimum absolute atomic E-state index is 0.136. The maximum absolute atomic E-state index is 12.2. The quantitative estimate of drug-likeness (QED) is 0.822. The van der Waals surface area contributed by atoms with Crippen LogP contribution >= 0.6 is 0 Å². The number of hydrogen-bond donors (Lipinski definition) is 2. The van der Waals surface area contributed by atoms with Gasteiger partial charge >= 0.3 is 0 Å². The number of methoxy groups -OCH3 is 2. The average Bonchev–Trinajstić information content (AvgIpc) is 2.98. The van der Waals surface area contributed by atoms with E-state index >= 15 is 0 Å². The van der Waals surface area contributed by atoms with Gasteiger partial charge in [0, 0.05) is 24.8 Å². The Morgan fingerprint density at radius 1 is 1.36 bits per heavy atom. The maximum atomic E-state index is 12.2. The highest BCUT2D eigenvalue weighted by Gasteiger charge is 2.25. The van der Waals surface area contributed by atoms with E-state index in [2.05, 4.69) is 15.5 Å². The normalized spacial score (nSPS) is 12.5. The van der Waals surface area contributed by atoms with E-state index in [0.717, 1.165) is 35.4 Å². The lowest BCUT2D eigenvalue weighted by Gasteiger charge is -2.16. The minimum Gasteiger partial charge on any atom is -0.497 e. The number of nitrogens with zero attached hydrogens (tertiary/aromatic N) is 1. The van der Waals surface area contributed by atoms with Crippen molar-refractivity contribution in [1.29, 1.82) is 0 Å². The number of benzene rings is 1. The number of aromatic nitrogens is 2. The molecule has 2 aromatic rings. The lowest BCUT2D eigenvalue weighted by Crippen LogP contribution is -2.28. The number of carbonyl (C=O) groups excluding carboxylic acids is 1. The largest absolute Gasteiger partial charge is 0.497 e. The Kier molecular flexibility index (Phi) is 4.11. The Morgan fingerprint density at radius 3 is 3.00 bits per heavy atom. The Balaban J connectivity index is 1.88. The summed E-state index contributed by atoms with van der Waals surface area (Å²) in [6.45, 7) is 0.974. The van der Waals surface area contributed by atoms with Crippen LogP contribution in [0.25, 0.3) is 11.3 Å². The number of carbonyl (C=O) groups is 1. The van der Waals surface area contributed by atoms with Crippen LogP contribution in [0, 0.1) is 0 Å². The average molecular weight is 301 g/mol. The first kappa shape index (κ1) is 14.6. The summed E-state index contributed by atoms with van der Waals surface area (Å²) < 4.78 is 10.2. The highest BCUT2D eigenvalue weighted by Crippen LogP contribution is 2.35. The molecular weight excluding hydrogens is 282 g/mol. The van der Waals surface area contributed by atoms with Crippen LogP contribution in [0.1, 0.15) is 21.6 Å². The topological polar surface area (TPSA) is 76.2 Å². The monoisotopic (exact) mass is 301 g/mol. The molecule has 0 saturated carbocycles. The number of nitrogens with one attached hydrogen (secondary N) is 2. The van der Waals surface area contributed by atoms with Crippen LogP contribution in [0.5, 0.6) is 5.75 Å². The third-order valence-electron chi connectivity index (χ3n) is 3.90. The molecule has 0 bridgehead atoms. The van der Waals surface area contributed by atoms with Gasteiger partial charge in [0.05, 0.1) is 19.4 Å². The fourth-order valence-electron chi connectivity index (χ4n) is 2.77. The molecule has 6 nitrogen and oxygen atoms in total. The molecule has 0 spiro atoms. The fourth-order valence-corrected chi connectivity index (χ4v) is 2.77. The smallest absolute Gasteiger partial charge is 0.269 e. The third-order valence-corrected chi connectivity index (χ3v) is 3.90. The third kappa shape index (κ3) is 2.57. The summed E-state index contributed by atoms with van der Waals surface area (Å²) in [5.74, 6) is 0.707. The van der Waals surface area contributed by atoms with Crippen molar-refractivity contribution in [2.24, 2.45) is 0 Å². The Labute approximate surface area is 128 Å². The number of aromatic amines is 1. The molecular formula is C16H19N3O3. The van der Waals surface area contributed by atoms with Crippen molar-refractivity contribution in [3.05, 3.63) is 35.0 Å². The SMILES string of the molecule is COCCNC(=O)c1[nH]nc2c1CCc1cc(OC)ccc1-2. The number of fused-ring (bicyclic) bond motifs is 3. The van der Waals surface area contributed by atoms with Crippen LogP contribution in [0.15, 0.2) is 18.2 Å². The van der Waals surface area contributed by atoms with Gasteiger partial charge in [-0.3, -0.25) is 9.89 Å². The van der Waals surface area contributed by atoms with Crippen LogP contribution in [0.4, 0.5) is 0 Å². The van der Waals surface area contributed by atoms with Crippen molar-refractivity contribution in [3.8, 4) is 17.0 Å². The van der Waals surface area contributed by atoms with Gasteiger partial charge in [-0.05, 0) is 36.6 Å². The van der Waals surface area contributed by atoms with Crippen LogP contribution in [-0.2, 0) is 17.6 Å². The molecule has 0 atom stereocenters. The molecule has 116 valence electrons. The van der Waals surface area contributed by atoms with Crippen LogP contribution in [0.2, 0.25) is 0 Å². The number of H-pyrrole nitrogens is 1. The summed E-state index contributed by atoms with van der Waals surface area (Å²) in [6, 6.07) is 5.95. The molecule has 0 unspecified atom stereocenters. The van der Waals surface area contributed by atoms with Crippen LogP contribution < -0.4 is 10.1 Å². The van der Waals surface area contributed by atoms with Gasteiger partial charge in [0.15, 0.2) is 0 Å². The molecule has 1 aromatic carbocycles. The zero-order chi connectivity index (χ0) is 15.5. The molecule has 0 fully saturated rings. The van der Waals surface area contributed by atoms with Crippen molar-refractivity contribution >= 4 is 5.91 Å². The molecule has 0 aliphatic heterocycles. The first-order valence-electron chi connectivity index (χ1n) is 7.26. The number of aryl methyl sites for hydroxylation is 1. The summed E-state index contributed by atoms with van der Waals surface area (Å²) in [4.78, 5) is 12.2. The van der Waals surface area contributed by atoms with Crippen LogP contribution in [0.3, 0.4) is 0 Å². The molecule has 6 heteroatoms. The second-order valence-electron chi connectivity index (χ2n) is 5.20. The molecule has 0 saturated heterocycles. The van der Waals surface area contributed by atoms with Crippen molar-refractivity contribution in [3.63, 3.8) is 0 Å². The molecule has 1 aliphatic carbocycles. The first-order valence-corrected chi connectivity index (χ1v) is 7.26. The van der Waals surface area contributed by atoms with E-state index in [-0.39, 0.29) is 5.91 Å². The Hall–Kier alpha value is -2.34. The Bertz CT molecular complexity index is 694. The number of hydrogen-bond acceptors (Lipinski definition) is 4. The number of ether oxygens (including phenoxy) is 2. The van der Waals surface area contributed by atoms with Gasteiger partial charge in [0.2, 0.25) is 0 Å². The summed E-state index contributed by atoms with van der Waals surface area (Å²) in [7, 11) is 3.27. The predicted octanol–water partition coefficient (Wildman–Crippen LogP) is 1.56. The van der Waals surface area contributed by atoms with Crippen molar-refractivity contribution in [2.45, 2.75) is 12.8 Å². The standard InChI is InChI=1S/C16H19N3O3/c1-21-8-7-17-16(20)15-13-5-3-10-9-11(22-2)4-6-12(10)14(13)18-19-15/h4,6,9H,3,5,7-8H2,1-2H3,(H,17,20)(H,18,19). The number of amides is 1. The molecule has 0 radical (unpaired) electrons. The Morgan fingerprint density at radius 2 is 2.23 bits per heavy atom. The van der Waals surface area contributed by atoms with Crippen molar-refractivity contribution in [2.75, 3.05) is 27.4 Å². The van der Waals surface area contributed by atoms with E-state index in [4.69, 9.17) is 9.47 Å². The molecule has 22 heavy (non-hydrogen) atoms. The summed E-state index contributed by atoms with van der Waals surface area (Å²) in [6.07, 6.45) is 1.66. The second kappa shape index (κ2) is 6.19. The predicted molar refractivity (Wildman–Crippen MR) is 82.2 cm³/mol. The summed E-state index contributed by atoms with van der Waals surface area (Å²) in [5.41, 5.74) is 4.65. The molecule has 3 rings (SSSR count). The summed E-state index contributed by atoms with van der Waals surface area (Å²) in [5, 5.41) is 10.0. The molecule has 1 aliphatic rings.